The Hall–Kier alpha value is -1.01. The highest BCUT2D eigenvalue weighted by Crippen LogP contribution is 2.27. The van der Waals surface area contributed by atoms with Crippen LogP contribution in [0.15, 0.2) is 30.5 Å². The number of thioether (sulfide) groups is 1. The van der Waals surface area contributed by atoms with Crippen LogP contribution in [0.4, 0.5) is 0 Å². The van der Waals surface area contributed by atoms with Crippen molar-refractivity contribution in [1.29, 1.82) is 0 Å². The molecule has 2 aliphatic rings. The quantitative estimate of drug-likeness (QED) is 0.793. The van der Waals surface area contributed by atoms with E-state index in [1.807, 2.05) is 29.9 Å². The summed E-state index contributed by atoms with van der Waals surface area (Å²) in [4.78, 5) is 5.30. The molecule has 26 heavy (non-hydrogen) atoms. The summed E-state index contributed by atoms with van der Waals surface area (Å²) in [5, 5.41) is 5.46. The maximum atomic E-state index is 6.18. The van der Waals surface area contributed by atoms with Crippen molar-refractivity contribution in [2.45, 2.75) is 25.4 Å². The van der Waals surface area contributed by atoms with Gasteiger partial charge in [-0.05, 0) is 38.1 Å². The fourth-order valence-corrected chi connectivity index (χ4v) is 5.28. The molecule has 0 atom stereocenters. The third-order valence-electron chi connectivity index (χ3n) is 5.52. The summed E-state index contributed by atoms with van der Waals surface area (Å²) < 4.78 is 1.92. The van der Waals surface area contributed by atoms with Crippen molar-refractivity contribution in [3.8, 4) is 11.3 Å². The number of likely N-dealkylation sites (tertiary alicyclic amines) is 1. The van der Waals surface area contributed by atoms with Crippen molar-refractivity contribution < 1.29 is 0 Å². The predicted octanol–water partition coefficient (Wildman–Crippen LogP) is 3.75. The van der Waals surface area contributed by atoms with Gasteiger partial charge in [0.2, 0.25) is 0 Å². The van der Waals surface area contributed by atoms with Gasteiger partial charge in [-0.15, -0.1) is 0 Å². The fraction of sp³-hybridized carbons (Fsp3) is 0.550. The number of rotatable bonds is 4. The molecule has 0 radical (unpaired) electrons. The molecule has 2 aliphatic heterocycles. The van der Waals surface area contributed by atoms with Crippen LogP contribution in [0, 0.1) is 0 Å². The lowest BCUT2D eigenvalue weighted by Gasteiger charge is -2.40. The van der Waals surface area contributed by atoms with E-state index < -0.39 is 0 Å². The van der Waals surface area contributed by atoms with Crippen molar-refractivity contribution in [1.82, 2.24) is 19.6 Å². The maximum absolute atomic E-state index is 6.18. The zero-order valence-electron chi connectivity index (χ0n) is 15.4. The second-order valence-corrected chi connectivity index (χ2v) is 9.00. The van der Waals surface area contributed by atoms with E-state index >= 15 is 0 Å². The predicted molar refractivity (Wildman–Crippen MR) is 111 cm³/mol. The highest BCUT2D eigenvalue weighted by Gasteiger charge is 2.26. The SMILES string of the molecule is Cn1cc(CN2CCC(N3CCSCC3)CC2)c(-c2cccc(Cl)c2)n1. The highest BCUT2D eigenvalue weighted by atomic mass is 35.5. The van der Waals surface area contributed by atoms with Gasteiger partial charge in [0.25, 0.3) is 0 Å². The summed E-state index contributed by atoms with van der Waals surface area (Å²) in [5.74, 6) is 2.61. The third-order valence-corrected chi connectivity index (χ3v) is 6.69. The van der Waals surface area contributed by atoms with Crippen LogP contribution in [0.1, 0.15) is 18.4 Å². The number of hydrogen-bond acceptors (Lipinski definition) is 4. The molecule has 140 valence electrons. The first kappa shape index (κ1) is 18.4. The van der Waals surface area contributed by atoms with E-state index in [-0.39, 0.29) is 0 Å². The molecule has 0 unspecified atom stereocenters. The molecule has 0 N–H and O–H groups in total. The first-order chi connectivity index (χ1) is 12.7. The Morgan fingerprint density at radius 2 is 1.92 bits per heavy atom. The van der Waals surface area contributed by atoms with Gasteiger partial charge in [-0.25, -0.2) is 0 Å². The number of benzene rings is 1. The van der Waals surface area contributed by atoms with Gasteiger partial charge in [0, 0.05) is 66.6 Å². The van der Waals surface area contributed by atoms with Crippen LogP contribution in [0.25, 0.3) is 11.3 Å². The Labute approximate surface area is 165 Å². The van der Waals surface area contributed by atoms with E-state index in [0.717, 1.165) is 28.9 Å². The topological polar surface area (TPSA) is 24.3 Å². The van der Waals surface area contributed by atoms with Gasteiger partial charge in [-0.1, -0.05) is 23.7 Å². The number of aromatic nitrogens is 2. The Bertz CT molecular complexity index is 733. The van der Waals surface area contributed by atoms with E-state index in [1.165, 1.54) is 56.1 Å². The Morgan fingerprint density at radius 1 is 1.15 bits per heavy atom. The molecule has 1 aromatic carbocycles. The van der Waals surface area contributed by atoms with E-state index in [1.54, 1.807) is 0 Å². The lowest BCUT2D eigenvalue weighted by Crippen LogP contribution is -2.47. The zero-order chi connectivity index (χ0) is 17.9. The lowest BCUT2D eigenvalue weighted by atomic mass is 10.0. The minimum Gasteiger partial charge on any atom is -0.299 e. The molecule has 1 aromatic heterocycles. The van der Waals surface area contributed by atoms with Gasteiger partial charge in [-0.3, -0.25) is 14.5 Å². The van der Waals surface area contributed by atoms with E-state index in [9.17, 15) is 0 Å². The molecule has 0 spiro atoms. The molecule has 0 saturated carbocycles. The molecule has 0 bridgehead atoms. The molecule has 3 heterocycles. The minimum absolute atomic E-state index is 0.764. The monoisotopic (exact) mass is 390 g/mol. The van der Waals surface area contributed by atoms with Gasteiger partial charge in [0.05, 0.1) is 5.69 Å². The first-order valence-corrected chi connectivity index (χ1v) is 11.0. The minimum atomic E-state index is 0.764. The Balaban J connectivity index is 1.41. The summed E-state index contributed by atoms with van der Waals surface area (Å²) >= 11 is 8.28. The van der Waals surface area contributed by atoms with E-state index in [2.05, 4.69) is 33.8 Å². The standard InChI is InChI=1S/C20H27ClN4S/c1-23-14-17(20(22-23)16-3-2-4-18(21)13-16)15-24-7-5-19(6-8-24)25-9-11-26-12-10-25/h2-4,13-14,19H,5-12,15H2,1H3. The van der Waals surface area contributed by atoms with Crippen molar-refractivity contribution in [2.75, 3.05) is 37.7 Å². The van der Waals surface area contributed by atoms with Crippen LogP contribution in [0.5, 0.6) is 0 Å². The molecule has 0 aliphatic carbocycles. The summed E-state index contributed by atoms with van der Waals surface area (Å²) in [6.07, 6.45) is 4.74. The molecule has 0 amide bonds. The molecule has 4 nitrogen and oxygen atoms in total. The van der Waals surface area contributed by atoms with E-state index in [0.29, 0.717) is 0 Å². The van der Waals surface area contributed by atoms with Gasteiger partial charge in [-0.2, -0.15) is 16.9 Å². The van der Waals surface area contributed by atoms with Gasteiger partial charge in [0.1, 0.15) is 0 Å². The average molecular weight is 391 g/mol. The number of piperidine rings is 1. The molecular weight excluding hydrogens is 364 g/mol. The van der Waals surface area contributed by atoms with Crippen LogP contribution >= 0.6 is 23.4 Å². The second kappa shape index (κ2) is 8.34. The highest BCUT2D eigenvalue weighted by molar-refractivity contribution is 7.99. The fourth-order valence-electron chi connectivity index (χ4n) is 4.16. The largest absolute Gasteiger partial charge is 0.299 e. The molecule has 2 aromatic rings. The first-order valence-electron chi connectivity index (χ1n) is 9.51. The van der Waals surface area contributed by atoms with Crippen LogP contribution in [0.3, 0.4) is 0 Å². The van der Waals surface area contributed by atoms with Gasteiger partial charge >= 0.3 is 0 Å². The summed E-state index contributed by atoms with van der Waals surface area (Å²) in [5.41, 5.74) is 3.46. The summed E-state index contributed by atoms with van der Waals surface area (Å²) in [6.45, 7) is 5.88. The van der Waals surface area contributed by atoms with Gasteiger partial charge in [0.15, 0.2) is 0 Å². The molecule has 2 saturated heterocycles. The van der Waals surface area contributed by atoms with Crippen molar-refractivity contribution in [3.63, 3.8) is 0 Å². The lowest BCUT2D eigenvalue weighted by molar-refractivity contribution is 0.112. The number of aryl methyl sites for hydroxylation is 1. The van der Waals surface area contributed by atoms with Gasteiger partial charge < -0.3 is 0 Å². The molecular formula is C20H27ClN4S. The van der Waals surface area contributed by atoms with Crippen molar-refractivity contribution in [2.24, 2.45) is 7.05 Å². The van der Waals surface area contributed by atoms with Crippen molar-refractivity contribution >= 4 is 23.4 Å². The third kappa shape index (κ3) is 4.28. The molecule has 2 fully saturated rings. The molecule has 6 heteroatoms. The number of hydrogen-bond donors (Lipinski definition) is 0. The normalized spacial score (nSPS) is 20.5. The van der Waals surface area contributed by atoms with Crippen LogP contribution in [-0.4, -0.2) is 63.3 Å². The van der Waals surface area contributed by atoms with Crippen LogP contribution < -0.4 is 0 Å². The van der Waals surface area contributed by atoms with Crippen LogP contribution in [-0.2, 0) is 13.6 Å². The summed E-state index contributed by atoms with van der Waals surface area (Å²) in [6, 6.07) is 8.80. The Morgan fingerprint density at radius 3 is 2.65 bits per heavy atom. The van der Waals surface area contributed by atoms with Crippen LogP contribution in [0.2, 0.25) is 5.02 Å². The second-order valence-electron chi connectivity index (χ2n) is 7.34. The smallest absolute Gasteiger partial charge is 0.0968 e. The van der Waals surface area contributed by atoms with E-state index in [4.69, 9.17) is 16.7 Å². The summed E-state index contributed by atoms with van der Waals surface area (Å²) in [7, 11) is 2.00. The molecule has 4 rings (SSSR count). The maximum Gasteiger partial charge on any atom is 0.0968 e. The number of nitrogens with zero attached hydrogens (tertiary/aromatic N) is 4. The average Bonchev–Trinajstić information content (AvgIpc) is 3.03. The number of halogens is 1. The van der Waals surface area contributed by atoms with Crippen molar-refractivity contribution in [3.05, 3.63) is 41.0 Å². The zero-order valence-corrected chi connectivity index (χ0v) is 17.0. The Kier molecular flexibility index (Phi) is 5.89.